The highest BCUT2D eigenvalue weighted by Gasteiger charge is 2.54. The van der Waals surface area contributed by atoms with Gasteiger partial charge in [-0.25, -0.2) is 4.98 Å². The molecule has 2 N–H and O–H groups in total. The van der Waals surface area contributed by atoms with E-state index in [1.54, 1.807) is 25.3 Å². The number of hydrogen-bond donors (Lipinski definition) is 2. The Morgan fingerprint density at radius 1 is 1.29 bits per heavy atom. The van der Waals surface area contributed by atoms with E-state index in [1.165, 1.54) is 6.07 Å². The van der Waals surface area contributed by atoms with Gasteiger partial charge in [0.1, 0.15) is 5.69 Å². The van der Waals surface area contributed by atoms with Crippen molar-refractivity contribution in [1.29, 1.82) is 0 Å². The molecule has 9 heteroatoms. The molecule has 0 radical (unpaired) electrons. The summed E-state index contributed by atoms with van der Waals surface area (Å²) in [6, 6.07) is 6.72. The molecule has 31 heavy (non-hydrogen) atoms. The summed E-state index contributed by atoms with van der Waals surface area (Å²) < 4.78 is 30.1. The van der Waals surface area contributed by atoms with Crippen LogP contribution in [0.2, 0.25) is 0 Å². The van der Waals surface area contributed by atoms with Gasteiger partial charge in [-0.05, 0) is 55.4 Å². The molecule has 2 heterocycles. The minimum atomic E-state index is -3.09. The average molecular weight is 433 g/mol. The third kappa shape index (κ3) is 4.81. The van der Waals surface area contributed by atoms with Crippen LogP contribution in [-0.4, -0.2) is 33.6 Å². The van der Waals surface area contributed by atoms with E-state index in [1.807, 2.05) is 19.9 Å². The molecule has 1 saturated carbocycles. The summed E-state index contributed by atoms with van der Waals surface area (Å²) in [4.78, 5) is 33.1. The first-order chi connectivity index (χ1) is 14.6. The topological polar surface area (TPSA) is 101 Å². The smallest absolute Gasteiger partial charge is 0.388 e. The zero-order valence-corrected chi connectivity index (χ0v) is 17.6. The molecule has 0 spiro atoms. The molecule has 0 unspecified atom stereocenters. The number of carboxylic acids is 1. The first-order valence-electron chi connectivity index (χ1n) is 10.0. The number of carbonyl (C=O) groups is 2. The van der Waals surface area contributed by atoms with Gasteiger partial charge in [-0.2, -0.15) is 8.78 Å². The van der Waals surface area contributed by atoms with Gasteiger partial charge in [0.15, 0.2) is 0 Å². The predicted molar refractivity (Wildman–Crippen MR) is 109 cm³/mol. The molecule has 2 aromatic rings. The number of aromatic nitrogens is 2. The van der Waals surface area contributed by atoms with Crippen LogP contribution in [0, 0.1) is 12.8 Å². The lowest BCUT2D eigenvalue weighted by Crippen LogP contribution is -2.52. The van der Waals surface area contributed by atoms with Gasteiger partial charge >= 0.3 is 12.6 Å². The molecule has 7 nitrogen and oxygen atoms in total. The van der Waals surface area contributed by atoms with Crippen molar-refractivity contribution in [3.63, 3.8) is 0 Å². The van der Waals surface area contributed by atoms with E-state index in [4.69, 9.17) is 5.11 Å². The van der Waals surface area contributed by atoms with Crippen LogP contribution in [0.25, 0.3) is 0 Å². The fourth-order valence-corrected chi connectivity index (χ4v) is 4.13. The van der Waals surface area contributed by atoms with Gasteiger partial charge in [0.25, 0.3) is 0 Å². The number of rotatable bonds is 8. The standard InChI is InChI=1S/C22H25F2N3O4/c1-12(2)15-5-4-8-25-18(15)22(10-14(11-22)9-17(28)29)20(30)27-16-7-6-13(3)26-19(16)31-21(23)24/h4-8,12,14,21H,9-11H2,1-3H3,(H,27,30)(H,28,29). The third-order valence-electron chi connectivity index (χ3n) is 5.53. The molecule has 3 rings (SSSR count). The lowest BCUT2D eigenvalue weighted by molar-refractivity contribution is -0.141. The third-order valence-corrected chi connectivity index (χ3v) is 5.53. The molecular formula is C22H25F2N3O4. The molecule has 166 valence electrons. The van der Waals surface area contributed by atoms with Gasteiger partial charge in [0, 0.05) is 18.3 Å². The summed E-state index contributed by atoms with van der Waals surface area (Å²) in [5.41, 5.74) is 0.894. The minimum absolute atomic E-state index is 0.0268. The number of carboxylic acid groups (broad SMARTS) is 1. The summed E-state index contributed by atoms with van der Waals surface area (Å²) >= 11 is 0. The van der Waals surface area contributed by atoms with Crippen LogP contribution in [-0.2, 0) is 15.0 Å². The second-order valence-corrected chi connectivity index (χ2v) is 8.19. The lowest BCUT2D eigenvalue weighted by Gasteiger charge is -2.46. The van der Waals surface area contributed by atoms with Crippen molar-refractivity contribution in [2.45, 2.75) is 58.0 Å². The highest BCUT2D eigenvalue weighted by atomic mass is 19.3. The Morgan fingerprint density at radius 3 is 2.61 bits per heavy atom. The number of alkyl halides is 2. The number of carbonyl (C=O) groups excluding carboxylic acids is 1. The van der Waals surface area contributed by atoms with Gasteiger partial charge in [-0.3, -0.25) is 14.6 Å². The Hall–Kier alpha value is -3.10. The van der Waals surface area contributed by atoms with Gasteiger partial charge in [-0.15, -0.1) is 0 Å². The summed E-state index contributed by atoms with van der Waals surface area (Å²) in [6.07, 6.45) is 2.14. The Labute approximate surface area is 178 Å². The van der Waals surface area contributed by atoms with Crippen molar-refractivity contribution in [3.05, 3.63) is 47.4 Å². The monoisotopic (exact) mass is 433 g/mol. The lowest BCUT2D eigenvalue weighted by atomic mass is 9.57. The van der Waals surface area contributed by atoms with E-state index in [0.717, 1.165) is 5.56 Å². The number of ether oxygens (including phenoxy) is 1. The van der Waals surface area contributed by atoms with E-state index in [9.17, 15) is 18.4 Å². The van der Waals surface area contributed by atoms with Gasteiger partial charge in [0.2, 0.25) is 11.8 Å². The number of halogens is 2. The van der Waals surface area contributed by atoms with E-state index < -0.39 is 23.9 Å². The zero-order chi connectivity index (χ0) is 22.8. The number of pyridine rings is 2. The summed E-state index contributed by atoms with van der Waals surface area (Å²) in [5.74, 6) is -1.84. The first-order valence-corrected chi connectivity index (χ1v) is 10.0. The fraction of sp³-hybridized carbons (Fsp3) is 0.455. The van der Waals surface area contributed by atoms with Crippen LogP contribution >= 0.6 is 0 Å². The second kappa shape index (κ2) is 8.95. The van der Waals surface area contributed by atoms with Crippen molar-refractivity contribution >= 4 is 17.6 Å². The second-order valence-electron chi connectivity index (χ2n) is 8.19. The maximum atomic E-state index is 13.5. The van der Waals surface area contributed by atoms with Crippen molar-refractivity contribution in [2.75, 3.05) is 5.32 Å². The Kier molecular flexibility index (Phi) is 6.52. The molecule has 0 bridgehead atoms. The van der Waals surface area contributed by atoms with Crippen molar-refractivity contribution in [3.8, 4) is 5.88 Å². The molecule has 2 aromatic heterocycles. The molecule has 0 atom stereocenters. The largest absolute Gasteiger partial charge is 0.481 e. The van der Waals surface area contributed by atoms with E-state index in [-0.39, 0.29) is 29.8 Å². The molecule has 0 aromatic carbocycles. The van der Waals surface area contributed by atoms with Crippen LogP contribution in [0.4, 0.5) is 14.5 Å². The highest BCUT2D eigenvalue weighted by molar-refractivity contribution is 6.00. The molecular weight excluding hydrogens is 408 g/mol. The van der Waals surface area contributed by atoms with Crippen LogP contribution in [0.3, 0.4) is 0 Å². The SMILES string of the molecule is Cc1ccc(NC(=O)C2(c3ncccc3C(C)C)CC(CC(=O)O)C2)c(OC(F)F)n1. The van der Waals surface area contributed by atoms with Crippen molar-refractivity contribution in [2.24, 2.45) is 5.92 Å². The van der Waals surface area contributed by atoms with Crippen molar-refractivity contribution < 1.29 is 28.2 Å². The normalized spacial score (nSPS) is 20.4. The molecule has 1 aliphatic rings. The summed E-state index contributed by atoms with van der Waals surface area (Å²) in [7, 11) is 0. The van der Waals surface area contributed by atoms with Crippen LogP contribution in [0.1, 0.15) is 56.0 Å². The Morgan fingerprint density at radius 2 is 2.00 bits per heavy atom. The number of anilines is 1. The van der Waals surface area contributed by atoms with E-state index in [2.05, 4.69) is 20.0 Å². The van der Waals surface area contributed by atoms with Gasteiger partial charge in [0.05, 0.1) is 11.1 Å². The molecule has 0 saturated heterocycles. The maximum absolute atomic E-state index is 13.5. The average Bonchev–Trinajstić information content (AvgIpc) is 2.65. The number of hydrogen-bond acceptors (Lipinski definition) is 5. The molecule has 1 fully saturated rings. The van der Waals surface area contributed by atoms with Crippen LogP contribution < -0.4 is 10.1 Å². The quantitative estimate of drug-likeness (QED) is 0.645. The number of nitrogens with one attached hydrogen (secondary N) is 1. The predicted octanol–water partition coefficient (Wildman–Crippen LogP) is 4.27. The number of aryl methyl sites for hydroxylation is 1. The molecule has 1 aliphatic carbocycles. The van der Waals surface area contributed by atoms with Gasteiger partial charge < -0.3 is 15.2 Å². The van der Waals surface area contributed by atoms with Crippen LogP contribution in [0.5, 0.6) is 5.88 Å². The zero-order valence-electron chi connectivity index (χ0n) is 17.6. The Bertz CT molecular complexity index is 975. The van der Waals surface area contributed by atoms with E-state index >= 15 is 0 Å². The number of aliphatic carboxylic acids is 1. The maximum Gasteiger partial charge on any atom is 0.388 e. The Balaban J connectivity index is 1.97. The van der Waals surface area contributed by atoms with Crippen LogP contribution in [0.15, 0.2) is 30.5 Å². The number of nitrogens with zero attached hydrogens (tertiary/aromatic N) is 2. The van der Waals surface area contributed by atoms with Gasteiger partial charge in [-0.1, -0.05) is 19.9 Å². The van der Waals surface area contributed by atoms with E-state index in [0.29, 0.717) is 24.2 Å². The first kappa shape index (κ1) is 22.6. The molecule has 0 aliphatic heterocycles. The number of amides is 1. The highest BCUT2D eigenvalue weighted by Crippen LogP contribution is 2.51. The van der Waals surface area contributed by atoms with Crippen molar-refractivity contribution in [1.82, 2.24) is 9.97 Å². The summed E-state index contributed by atoms with van der Waals surface area (Å²) in [6.45, 7) is 2.50. The minimum Gasteiger partial charge on any atom is -0.481 e. The summed E-state index contributed by atoms with van der Waals surface area (Å²) in [5, 5.41) is 11.8. The fourth-order valence-electron chi connectivity index (χ4n) is 4.13. The molecule has 1 amide bonds.